The summed E-state index contributed by atoms with van der Waals surface area (Å²) in [7, 11) is 0. The fourth-order valence-electron chi connectivity index (χ4n) is 4.94. The SMILES string of the molecule is CC(=O)C(N=Nc1ccc(-c2ccc(N=NC(C(C)=O)C(=O)Nc3cc(C)cc(C)c3)c(Cl)c2Cl)cc1)C(=O)Nc1cc(C)cc(C)c1. The molecule has 0 radical (unpaired) electrons. The highest BCUT2D eigenvalue weighted by Crippen LogP contribution is 2.40. The highest BCUT2D eigenvalue weighted by atomic mass is 35.5. The van der Waals surface area contributed by atoms with Crippen LogP contribution in [0, 0.1) is 27.7 Å². The monoisotopic (exact) mass is 684 g/mol. The van der Waals surface area contributed by atoms with Crippen molar-refractivity contribution in [2.45, 2.75) is 53.6 Å². The lowest BCUT2D eigenvalue weighted by Gasteiger charge is -2.12. The van der Waals surface area contributed by atoms with Crippen LogP contribution < -0.4 is 10.6 Å². The molecule has 0 aliphatic carbocycles. The number of carbonyl (C=O) groups is 4. The molecule has 0 aliphatic heterocycles. The van der Waals surface area contributed by atoms with Crippen LogP contribution in [0.5, 0.6) is 0 Å². The van der Waals surface area contributed by atoms with E-state index >= 15 is 0 Å². The Balaban J connectivity index is 1.47. The van der Waals surface area contributed by atoms with Crippen LogP contribution in [0.3, 0.4) is 0 Å². The Morgan fingerprint density at radius 3 is 1.46 bits per heavy atom. The minimum absolute atomic E-state index is 0.0813. The van der Waals surface area contributed by atoms with E-state index in [2.05, 4.69) is 31.1 Å². The standard InChI is InChI=1S/C36H34Cl2N6O4/c1-19-13-20(2)16-27(15-19)39-35(47)33(23(5)45)43-41-26-9-7-25(8-10-26)29-11-12-30(32(38)31(29)37)42-44-34(24(6)46)36(48)40-28-17-21(3)14-22(4)18-28/h7-18,33-34H,1-6H3,(H,39,47)(H,40,48). The topological polar surface area (TPSA) is 142 Å². The number of azo groups is 2. The molecule has 4 aromatic carbocycles. The van der Waals surface area contributed by atoms with E-state index in [-0.39, 0.29) is 15.7 Å². The van der Waals surface area contributed by atoms with Gasteiger partial charge in [-0.15, -0.1) is 0 Å². The van der Waals surface area contributed by atoms with Gasteiger partial charge in [-0.3, -0.25) is 19.2 Å². The van der Waals surface area contributed by atoms with Gasteiger partial charge in [-0.25, -0.2) is 0 Å². The average Bonchev–Trinajstić information content (AvgIpc) is 2.98. The summed E-state index contributed by atoms with van der Waals surface area (Å²) in [4.78, 5) is 50.2. The van der Waals surface area contributed by atoms with E-state index in [1.165, 1.54) is 13.8 Å². The van der Waals surface area contributed by atoms with Crippen LogP contribution in [0.15, 0.2) is 93.3 Å². The van der Waals surface area contributed by atoms with Gasteiger partial charge in [0.2, 0.25) is 12.1 Å². The summed E-state index contributed by atoms with van der Waals surface area (Å²) >= 11 is 13.1. The van der Waals surface area contributed by atoms with E-state index in [0.29, 0.717) is 28.2 Å². The Kier molecular flexibility index (Phi) is 11.7. The Labute approximate surface area is 288 Å². The molecule has 0 fully saturated rings. The molecule has 2 amide bonds. The number of ketones is 2. The zero-order valence-corrected chi connectivity index (χ0v) is 28.8. The highest BCUT2D eigenvalue weighted by Gasteiger charge is 2.25. The molecule has 12 heteroatoms. The minimum Gasteiger partial charge on any atom is -0.324 e. The average molecular weight is 686 g/mol. The predicted octanol–water partition coefficient (Wildman–Crippen LogP) is 9.25. The van der Waals surface area contributed by atoms with Crippen molar-refractivity contribution in [3.05, 3.63) is 105 Å². The minimum atomic E-state index is -1.39. The molecule has 0 aromatic heterocycles. The smallest absolute Gasteiger partial charge is 0.258 e. The lowest BCUT2D eigenvalue weighted by atomic mass is 10.0. The van der Waals surface area contributed by atoms with E-state index < -0.39 is 35.5 Å². The van der Waals surface area contributed by atoms with Gasteiger partial charge >= 0.3 is 0 Å². The molecular formula is C36H34Cl2N6O4. The molecule has 0 aliphatic rings. The highest BCUT2D eigenvalue weighted by molar-refractivity contribution is 6.45. The fourth-order valence-corrected chi connectivity index (χ4v) is 5.41. The van der Waals surface area contributed by atoms with Gasteiger partial charge in [-0.05, 0) is 112 Å². The number of aryl methyl sites for hydroxylation is 4. The maximum Gasteiger partial charge on any atom is 0.258 e. The van der Waals surface area contributed by atoms with Crippen molar-refractivity contribution in [2.24, 2.45) is 20.5 Å². The van der Waals surface area contributed by atoms with Crippen LogP contribution in [0.2, 0.25) is 10.0 Å². The van der Waals surface area contributed by atoms with Crippen molar-refractivity contribution in [1.82, 2.24) is 0 Å². The molecule has 0 spiro atoms. The van der Waals surface area contributed by atoms with Crippen LogP contribution in [-0.4, -0.2) is 35.5 Å². The Bertz CT molecular complexity index is 1920. The van der Waals surface area contributed by atoms with Gasteiger partial charge < -0.3 is 10.6 Å². The van der Waals surface area contributed by atoms with E-state index in [9.17, 15) is 19.2 Å². The molecule has 0 saturated carbocycles. The van der Waals surface area contributed by atoms with Crippen molar-refractivity contribution in [3.63, 3.8) is 0 Å². The van der Waals surface area contributed by atoms with E-state index in [1.807, 2.05) is 39.8 Å². The van der Waals surface area contributed by atoms with E-state index in [4.69, 9.17) is 23.2 Å². The van der Waals surface area contributed by atoms with Gasteiger partial charge in [0.1, 0.15) is 5.69 Å². The number of nitrogens with zero attached hydrogens (tertiary/aromatic N) is 4. The number of amides is 2. The summed E-state index contributed by atoms with van der Waals surface area (Å²) < 4.78 is 0. The molecule has 4 aromatic rings. The predicted molar refractivity (Wildman–Crippen MR) is 189 cm³/mol. The molecule has 0 saturated heterocycles. The number of rotatable bonds is 11. The summed E-state index contributed by atoms with van der Waals surface area (Å²) in [6.07, 6.45) is 0. The Hall–Kier alpha value is -5.06. The molecule has 10 nitrogen and oxygen atoms in total. The van der Waals surface area contributed by atoms with Gasteiger partial charge in [-0.2, -0.15) is 20.5 Å². The van der Waals surface area contributed by atoms with E-state index in [0.717, 1.165) is 22.3 Å². The number of Topliss-reactive ketones (excluding diaryl/α,β-unsaturated/α-hetero) is 2. The van der Waals surface area contributed by atoms with Crippen molar-refractivity contribution < 1.29 is 19.2 Å². The largest absolute Gasteiger partial charge is 0.324 e. The summed E-state index contributed by atoms with van der Waals surface area (Å²) in [5.74, 6) is -2.15. The van der Waals surface area contributed by atoms with Gasteiger partial charge in [-0.1, -0.05) is 53.5 Å². The van der Waals surface area contributed by atoms with E-state index in [1.54, 1.807) is 60.7 Å². The first-order valence-corrected chi connectivity index (χ1v) is 15.7. The first-order chi connectivity index (χ1) is 22.7. The maximum absolute atomic E-state index is 12.9. The zero-order valence-electron chi connectivity index (χ0n) is 27.3. The van der Waals surface area contributed by atoms with Gasteiger partial charge in [0, 0.05) is 16.9 Å². The summed E-state index contributed by atoms with van der Waals surface area (Å²) in [5.41, 5.74) is 6.84. The van der Waals surface area contributed by atoms with Crippen LogP contribution in [-0.2, 0) is 19.2 Å². The fraction of sp³-hybridized carbons (Fsp3) is 0.222. The molecular weight excluding hydrogens is 651 g/mol. The summed E-state index contributed by atoms with van der Waals surface area (Å²) in [6.45, 7) is 10.2. The first kappa shape index (κ1) is 35.8. The number of hydrogen-bond donors (Lipinski definition) is 2. The molecule has 246 valence electrons. The molecule has 0 heterocycles. The van der Waals surface area contributed by atoms with Crippen LogP contribution in [0.4, 0.5) is 22.7 Å². The van der Waals surface area contributed by atoms with Crippen LogP contribution in [0.25, 0.3) is 11.1 Å². The molecule has 48 heavy (non-hydrogen) atoms. The number of benzene rings is 4. The maximum atomic E-state index is 12.9. The second-order valence-corrected chi connectivity index (χ2v) is 12.3. The third-order valence-electron chi connectivity index (χ3n) is 7.06. The van der Waals surface area contributed by atoms with Gasteiger partial charge in [0.05, 0.1) is 15.7 Å². The van der Waals surface area contributed by atoms with Crippen LogP contribution in [0.1, 0.15) is 36.1 Å². The normalized spacial score (nSPS) is 12.6. The summed E-state index contributed by atoms with van der Waals surface area (Å²) in [6, 6.07) is 18.5. The number of anilines is 2. The van der Waals surface area contributed by atoms with Crippen molar-refractivity contribution in [2.75, 3.05) is 10.6 Å². The first-order valence-electron chi connectivity index (χ1n) is 14.9. The summed E-state index contributed by atoms with van der Waals surface area (Å²) in [5, 5.41) is 21.9. The third-order valence-corrected chi connectivity index (χ3v) is 7.93. The number of halogens is 2. The quantitative estimate of drug-likeness (QED) is 0.120. The second kappa shape index (κ2) is 15.7. The van der Waals surface area contributed by atoms with Gasteiger partial charge in [0.25, 0.3) is 11.8 Å². The molecule has 2 N–H and O–H groups in total. The van der Waals surface area contributed by atoms with Crippen molar-refractivity contribution in [3.8, 4) is 11.1 Å². The number of hydrogen-bond acceptors (Lipinski definition) is 8. The zero-order chi connectivity index (χ0) is 35.1. The molecule has 0 bridgehead atoms. The van der Waals surface area contributed by atoms with Gasteiger partial charge in [0.15, 0.2) is 11.6 Å². The van der Waals surface area contributed by atoms with Crippen molar-refractivity contribution in [1.29, 1.82) is 0 Å². The molecule has 2 atom stereocenters. The lowest BCUT2D eigenvalue weighted by molar-refractivity contribution is -0.127. The second-order valence-electron chi connectivity index (χ2n) is 11.5. The molecule has 4 rings (SSSR count). The Morgan fingerprint density at radius 2 is 1.02 bits per heavy atom. The Morgan fingerprint density at radius 1 is 0.583 bits per heavy atom. The number of carbonyl (C=O) groups excluding carboxylic acids is 4. The third kappa shape index (κ3) is 9.27. The molecule has 2 unspecified atom stereocenters. The lowest BCUT2D eigenvalue weighted by Crippen LogP contribution is -2.31. The van der Waals surface area contributed by atoms with Crippen LogP contribution >= 0.6 is 23.2 Å². The number of nitrogens with one attached hydrogen (secondary N) is 2. The van der Waals surface area contributed by atoms with Crippen molar-refractivity contribution >= 4 is 69.3 Å².